The molecular weight excluding hydrogens is 284 g/mol. The molecule has 0 spiro atoms. The van der Waals surface area contributed by atoms with Crippen LogP contribution < -0.4 is 4.74 Å². The Morgan fingerprint density at radius 1 is 1.53 bits per heavy atom. The number of aliphatic carboxylic acids is 1. The number of carbonyl (C=O) groups is 1. The second-order valence-corrected chi connectivity index (χ2v) is 5.42. The summed E-state index contributed by atoms with van der Waals surface area (Å²) in [6.45, 7) is 1.98. The molecule has 2 rings (SSSR count). The number of halogens is 1. The summed E-state index contributed by atoms with van der Waals surface area (Å²) in [5, 5.41) is 8.98. The molecule has 0 radical (unpaired) electrons. The lowest BCUT2D eigenvalue weighted by molar-refractivity contribution is -0.137. The largest absolute Gasteiger partial charge is 0.495 e. The molecule has 0 aliphatic heterocycles. The number of hydrogen-bond acceptors (Lipinski definition) is 2. The van der Waals surface area contributed by atoms with Gasteiger partial charge in [0.1, 0.15) is 5.75 Å². The second-order valence-electron chi connectivity index (χ2n) is 4.63. The van der Waals surface area contributed by atoms with Gasteiger partial charge in [0.05, 0.1) is 18.0 Å². The van der Waals surface area contributed by atoms with E-state index in [9.17, 15) is 4.79 Å². The van der Waals surface area contributed by atoms with Gasteiger partial charge >= 0.3 is 5.97 Å². The molecule has 1 N–H and O–H groups in total. The summed E-state index contributed by atoms with van der Waals surface area (Å²) in [5.41, 5.74) is 1.92. The maximum atomic E-state index is 10.9. The number of aryl methyl sites for hydroxylation is 1. The van der Waals surface area contributed by atoms with Gasteiger partial charge in [0.15, 0.2) is 0 Å². The van der Waals surface area contributed by atoms with Crippen molar-refractivity contribution in [3.8, 4) is 5.75 Å². The van der Waals surface area contributed by atoms with Crippen molar-refractivity contribution in [2.45, 2.75) is 31.6 Å². The molecule has 3 nitrogen and oxygen atoms in total. The van der Waals surface area contributed by atoms with Crippen LogP contribution in [0.25, 0.3) is 0 Å². The molecule has 0 saturated heterocycles. The topological polar surface area (TPSA) is 46.5 Å². The van der Waals surface area contributed by atoms with Gasteiger partial charge in [0.2, 0.25) is 0 Å². The summed E-state index contributed by atoms with van der Waals surface area (Å²) in [4.78, 5) is 10.9. The molecule has 0 unspecified atom stereocenters. The minimum Gasteiger partial charge on any atom is -0.495 e. The zero-order valence-electron chi connectivity index (χ0n) is 9.92. The standard InChI is InChI=1S/C13H15BrO3/c1-8-3-4-9(11(14)12(8)17-2)13(5-6-13)7-10(15)16/h3-4H,5-7H2,1-2H3,(H,15,16). The molecule has 0 aromatic heterocycles. The van der Waals surface area contributed by atoms with E-state index in [1.54, 1.807) is 7.11 Å². The Morgan fingerprint density at radius 2 is 2.18 bits per heavy atom. The molecular formula is C13H15BrO3. The highest BCUT2D eigenvalue weighted by Crippen LogP contribution is 2.54. The maximum absolute atomic E-state index is 10.9. The van der Waals surface area contributed by atoms with E-state index in [4.69, 9.17) is 9.84 Å². The first-order chi connectivity index (χ1) is 8.00. The van der Waals surface area contributed by atoms with Crippen LogP contribution in [0.1, 0.15) is 30.4 Å². The Kier molecular flexibility index (Phi) is 3.17. The highest BCUT2D eigenvalue weighted by Gasteiger charge is 2.47. The van der Waals surface area contributed by atoms with E-state index < -0.39 is 5.97 Å². The summed E-state index contributed by atoms with van der Waals surface area (Å²) < 4.78 is 6.25. The Labute approximate surface area is 109 Å². The Bertz CT molecular complexity index is 464. The molecule has 0 heterocycles. The van der Waals surface area contributed by atoms with Crippen LogP contribution in [-0.4, -0.2) is 18.2 Å². The number of rotatable bonds is 4. The van der Waals surface area contributed by atoms with E-state index in [2.05, 4.69) is 15.9 Å². The summed E-state index contributed by atoms with van der Waals surface area (Å²) >= 11 is 3.54. The van der Waals surface area contributed by atoms with Crippen LogP contribution in [-0.2, 0) is 10.2 Å². The number of methoxy groups -OCH3 is 1. The average molecular weight is 299 g/mol. The third-order valence-corrected chi connectivity index (χ3v) is 4.20. The fraction of sp³-hybridized carbons (Fsp3) is 0.462. The average Bonchev–Trinajstić information content (AvgIpc) is 2.98. The lowest BCUT2D eigenvalue weighted by Crippen LogP contribution is -2.14. The van der Waals surface area contributed by atoms with E-state index in [1.807, 2.05) is 19.1 Å². The molecule has 1 aromatic rings. The van der Waals surface area contributed by atoms with Gasteiger partial charge in [0, 0.05) is 5.41 Å². The predicted molar refractivity (Wildman–Crippen MR) is 68.6 cm³/mol. The molecule has 0 atom stereocenters. The van der Waals surface area contributed by atoms with Crippen molar-refractivity contribution in [1.82, 2.24) is 0 Å². The van der Waals surface area contributed by atoms with Crippen LogP contribution in [0.5, 0.6) is 5.75 Å². The number of benzene rings is 1. The molecule has 1 saturated carbocycles. The van der Waals surface area contributed by atoms with Crippen molar-refractivity contribution in [1.29, 1.82) is 0 Å². The quantitative estimate of drug-likeness (QED) is 0.928. The number of ether oxygens (including phenoxy) is 1. The maximum Gasteiger partial charge on any atom is 0.304 e. The second kappa shape index (κ2) is 4.33. The molecule has 1 aliphatic rings. The van der Waals surface area contributed by atoms with E-state index >= 15 is 0 Å². The van der Waals surface area contributed by atoms with Gasteiger partial charge in [-0.3, -0.25) is 4.79 Å². The van der Waals surface area contributed by atoms with Gasteiger partial charge in [-0.15, -0.1) is 0 Å². The highest BCUT2D eigenvalue weighted by atomic mass is 79.9. The third-order valence-electron chi connectivity index (χ3n) is 3.41. The lowest BCUT2D eigenvalue weighted by atomic mass is 9.91. The number of carboxylic acids is 1. The molecule has 0 amide bonds. The fourth-order valence-corrected chi connectivity index (χ4v) is 3.32. The Morgan fingerprint density at radius 3 is 2.65 bits per heavy atom. The third kappa shape index (κ3) is 2.18. The van der Waals surface area contributed by atoms with Crippen molar-refractivity contribution < 1.29 is 14.6 Å². The summed E-state index contributed by atoms with van der Waals surface area (Å²) in [7, 11) is 1.63. The van der Waals surface area contributed by atoms with Gasteiger partial charge in [-0.05, 0) is 46.8 Å². The summed E-state index contributed by atoms with van der Waals surface area (Å²) in [5.74, 6) is 0.0631. The molecule has 0 bridgehead atoms. The lowest BCUT2D eigenvalue weighted by Gasteiger charge is -2.18. The minimum atomic E-state index is -0.742. The van der Waals surface area contributed by atoms with Gasteiger partial charge in [-0.2, -0.15) is 0 Å². The van der Waals surface area contributed by atoms with Crippen molar-refractivity contribution in [3.05, 3.63) is 27.7 Å². The highest BCUT2D eigenvalue weighted by molar-refractivity contribution is 9.10. The smallest absolute Gasteiger partial charge is 0.304 e. The van der Waals surface area contributed by atoms with E-state index in [0.717, 1.165) is 34.2 Å². The van der Waals surface area contributed by atoms with Crippen molar-refractivity contribution in [2.75, 3.05) is 7.11 Å². The van der Waals surface area contributed by atoms with Crippen molar-refractivity contribution in [2.24, 2.45) is 0 Å². The normalized spacial score (nSPS) is 16.6. The first-order valence-electron chi connectivity index (χ1n) is 5.55. The molecule has 17 heavy (non-hydrogen) atoms. The zero-order valence-corrected chi connectivity index (χ0v) is 11.5. The molecule has 1 aliphatic carbocycles. The van der Waals surface area contributed by atoms with Crippen LogP contribution in [0.2, 0.25) is 0 Å². The number of hydrogen-bond donors (Lipinski definition) is 1. The van der Waals surface area contributed by atoms with E-state index in [0.29, 0.717) is 0 Å². The molecule has 92 valence electrons. The van der Waals surface area contributed by atoms with Crippen molar-refractivity contribution >= 4 is 21.9 Å². The van der Waals surface area contributed by atoms with Crippen LogP contribution in [0.3, 0.4) is 0 Å². The Hall–Kier alpha value is -1.03. The van der Waals surface area contributed by atoms with Gasteiger partial charge < -0.3 is 9.84 Å². The summed E-state index contributed by atoms with van der Waals surface area (Å²) in [6, 6.07) is 4.00. The van der Waals surface area contributed by atoms with Crippen LogP contribution >= 0.6 is 15.9 Å². The van der Waals surface area contributed by atoms with E-state index in [-0.39, 0.29) is 11.8 Å². The monoisotopic (exact) mass is 298 g/mol. The molecule has 4 heteroatoms. The Balaban J connectivity index is 2.43. The first kappa shape index (κ1) is 12.4. The van der Waals surface area contributed by atoms with Crippen molar-refractivity contribution in [3.63, 3.8) is 0 Å². The predicted octanol–water partition coefficient (Wildman–Crippen LogP) is 3.27. The van der Waals surface area contributed by atoms with E-state index in [1.165, 1.54) is 0 Å². The SMILES string of the molecule is COc1c(C)ccc(C2(CC(=O)O)CC2)c1Br. The van der Waals surface area contributed by atoms with Crippen LogP contribution in [0, 0.1) is 6.92 Å². The minimum absolute atomic E-state index is 0.189. The summed E-state index contributed by atoms with van der Waals surface area (Å²) in [6.07, 6.45) is 2.06. The van der Waals surface area contributed by atoms with Gasteiger partial charge in [0.25, 0.3) is 0 Å². The van der Waals surface area contributed by atoms with Gasteiger partial charge in [-0.25, -0.2) is 0 Å². The van der Waals surface area contributed by atoms with Gasteiger partial charge in [-0.1, -0.05) is 12.1 Å². The molecule has 1 aromatic carbocycles. The first-order valence-corrected chi connectivity index (χ1v) is 6.35. The fourth-order valence-electron chi connectivity index (χ4n) is 2.29. The molecule has 1 fully saturated rings. The van der Waals surface area contributed by atoms with Crippen LogP contribution in [0.4, 0.5) is 0 Å². The zero-order chi connectivity index (χ0) is 12.6. The number of carboxylic acid groups (broad SMARTS) is 1. The van der Waals surface area contributed by atoms with Crippen LogP contribution in [0.15, 0.2) is 16.6 Å².